The van der Waals surface area contributed by atoms with Crippen molar-refractivity contribution < 1.29 is 0 Å². The summed E-state index contributed by atoms with van der Waals surface area (Å²) in [6.45, 7) is 0. The van der Waals surface area contributed by atoms with E-state index in [-0.39, 0.29) is 0 Å². The number of hydrogen-bond donors (Lipinski definition) is 1. The van der Waals surface area contributed by atoms with Crippen LogP contribution in [0.4, 0.5) is 0 Å². The Morgan fingerprint density at radius 1 is 1.54 bits per heavy atom. The third kappa shape index (κ3) is 1.65. The first-order valence-corrected chi connectivity index (χ1v) is 7.01. The number of rotatable bonds is 1. The molecule has 4 heteroatoms. The Balaban J connectivity index is 2.87. The molecule has 1 heterocycles. The highest BCUT2D eigenvalue weighted by Crippen LogP contribution is 2.38. The standard InChI is InChI=1S/C9H7BrS3/c1-12-7-4-6(10)8(11)9-5(7)2-3-13-9/h2-4,11H,1H3. The summed E-state index contributed by atoms with van der Waals surface area (Å²) in [7, 11) is 0. The molecule has 0 saturated heterocycles. The molecule has 0 bridgehead atoms. The monoisotopic (exact) mass is 290 g/mol. The molecule has 2 rings (SSSR count). The number of halogens is 1. The lowest BCUT2D eigenvalue weighted by atomic mass is 10.3. The van der Waals surface area contributed by atoms with Gasteiger partial charge < -0.3 is 0 Å². The van der Waals surface area contributed by atoms with Crippen LogP contribution in [0.15, 0.2) is 31.8 Å². The molecule has 0 atom stereocenters. The van der Waals surface area contributed by atoms with E-state index in [1.54, 1.807) is 23.1 Å². The number of benzene rings is 1. The molecule has 0 fully saturated rings. The van der Waals surface area contributed by atoms with Gasteiger partial charge in [-0.1, -0.05) is 0 Å². The van der Waals surface area contributed by atoms with Crippen molar-refractivity contribution in [1.29, 1.82) is 0 Å². The summed E-state index contributed by atoms with van der Waals surface area (Å²) in [4.78, 5) is 2.35. The second-order valence-corrected chi connectivity index (χ2v) is 5.64. The van der Waals surface area contributed by atoms with Crippen LogP contribution in [0.1, 0.15) is 0 Å². The number of thiol groups is 1. The molecule has 1 aromatic carbocycles. The summed E-state index contributed by atoms with van der Waals surface area (Å²) in [6.07, 6.45) is 2.09. The lowest BCUT2D eigenvalue weighted by molar-refractivity contribution is 1.43. The Labute approximate surface area is 99.3 Å². The maximum Gasteiger partial charge on any atom is 0.0498 e. The van der Waals surface area contributed by atoms with E-state index >= 15 is 0 Å². The van der Waals surface area contributed by atoms with Gasteiger partial charge in [0, 0.05) is 24.3 Å². The van der Waals surface area contributed by atoms with Gasteiger partial charge in [0.25, 0.3) is 0 Å². The van der Waals surface area contributed by atoms with E-state index in [0.29, 0.717) is 0 Å². The fraction of sp³-hybridized carbons (Fsp3) is 0.111. The smallest absolute Gasteiger partial charge is 0.0498 e. The van der Waals surface area contributed by atoms with Gasteiger partial charge in [0.1, 0.15) is 0 Å². The van der Waals surface area contributed by atoms with Crippen molar-refractivity contribution in [3.8, 4) is 0 Å². The maximum absolute atomic E-state index is 4.47. The molecule has 0 amide bonds. The molecule has 13 heavy (non-hydrogen) atoms. The Morgan fingerprint density at radius 2 is 2.31 bits per heavy atom. The molecular formula is C9H7BrS3. The molecule has 0 N–H and O–H groups in total. The normalized spacial score (nSPS) is 11.0. The van der Waals surface area contributed by atoms with Gasteiger partial charge in [0.15, 0.2) is 0 Å². The zero-order valence-electron chi connectivity index (χ0n) is 6.87. The molecular weight excluding hydrogens is 284 g/mol. The van der Waals surface area contributed by atoms with E-state index in [2.05, 4.69) is 52.3 Å². The molecule has 0 unspecified atom stereocenters. The molecule has 0 aliphatic rings. The van der Waals surface area contributed by atoms with Crippen molar-refractivity contribution in [2.75, 3.05) is 6.26 Å². The van der Waals surface area contributed by atoms with Crippen LogP contribution in [0.3, 0.4) is 0 Å². The largest absolute Gasteiger partial charge is 0.143 e. The number of thioether (sulfide) groups is 1. The SMILES string of the molecule is CSc1cc(Br)c(S)c2sccc12. The third-order valence-corrected chi connectivity index (χ3v) is 5.11. The van der Waals surface area contributed by atoms with Crippen LogP contribution in [0.2, 0.25) is 0 Å². The van der Waals surface area contributed by atoms with E-state index in [1.807, 2.05) is 0 Å². The Kier molecular flexibility index (Phi) is 2.93. The van der Waals surface area contributed by atoms with E-state index in [0.717, 1.165) is 9.37 Å². The van der Waals surface area contributed by atoms with Crippen molar-refractivity contribution >= 4 is 61.7 Å². The zero-order chi connectivity index (χ0) is 9.42. The van der Waals surface area contributed by atoms with Crippen molar-refractivity contribution in [3.63, 3.8) is 0 Å². The van der Waals surface area contributed by atoms with Gasteiger partial charge in [0.05, 0.1) is 0 Å². The molecule has 2 aromatic rings. The Bertz CT molecular complexity index is 447. The van der Waals surface area contributed by atoms with E-state index in [4.69, 9.17) is 0 Å². The molecule has 0 spiro atoms. The highest BCUT2D eigenvalue weighted by atomic mass is 79.9. The van der Waals surface area contributed by atoms with Crippen LogP contribution in [0.5, 0.6) is 0 Å². The van der Waals surface area contributed by atoms with Crippen LogP contribution in [-0.2, 0) is 0 Å². The van der Waals surface area contributed by atoms with E-state index < -0.39 is 0 Å². The minimum atomic E-state index is 1.04. The Hall–Kier alpha value is 0.360. The first kappa shape index (κ1) is 9.90. The van der Waals surface area contributed by atoms with E-state index in [1.165, 1.54) is 15.0 Å². The molecule has 0 nitrogen and oxygen atoms in total. The van der Waals surface area contributed by atoms with Crippen LogP contribution < -0.4 is 0 Å². The first-order valence-electron chi connectivity index (χ1n) is 3.66. The van der Waals surface area contributed by atoms with Crippen LogP contribution in [-0.4, -0.2) is 6.26 Å². The van der Waals surface area contributed by atoms with Gasteiger partial charge in [-0.2, -0.15) is 0 Å². The lowest BCUT2D eigenvalue weighted by Gasteiger charge is -2.03. The highest BCUT2D eigenvalue weighted by molar-refractivity contribution is 9.10. The fourth-order valence-corrected chi connectivity index (χ4v) is 3.84. The summed E-state index contributed by atoms with van der Waals surface area (Å²) >= 11 is 11.5. The van der Waals surface area contributed by atoms with Gasteiger partial charge in [0.2, 0.25) is 0 Å². The summed E-state index contributed by atoms with van der Waals surface area (Å²) in [5, 5.41) is 3.42. The Morgan fingerprint density at radius 3 is 3.00 bits per heavy atom. The van der Waals surface area contributed by atoms with Crippen molar-refractivity contribution in [2.24, 2.45) is 0 Å². The first-order chi connectivity index (χ1) is 6.24. The van der Waals surface area contributed by atoms with Gasteiger partial charge in [-0.25, -0.2) is 0 Å². The van der Waals surface area contributed by atoms with Gasteiger partial charge in [-0.3, -0.25) is 0 Å². The second-order valence-electron chi connectivity index (χ2n) is 2.57. The molecule has 0 saturated carbocycles. The third-order valence-electron chi connectivity index (χ3n) is 1.85. The predicted molar refractivity (Wildman–Crippen MR) is 68.6 cm³/mol. The molecule has 0 aliphatic heterocycles. The second kappa shape index (κ2) is 3.85. The van der Waals surface area contributed by atoms with Crippen molar-refractivity contribution in [1.82, 2.24) is 0 Å². The minimum absolute atomic E-state index is 1.04. The number of hydrogen-bond acceptors (Lipinski definition) is 3. The average Bonchev–Trinajstić information content (AvgIpc) is 2.60. The highest BCUT2D eigenvalue weighted by Gasteiger charge is 2.08. The van der Waals surface area contributed by atoms with Crippen LogP contribution >= 0.6 is 51.7 Å². The lowest BCUT2D eigenvalue weighted by Crippen LogP contribution is -1.76. The van der Waals surface area contributed by atoms with Gasteiger partial charge in [-0.15, -0.1) is 35.7 Å². The minimum Gasteiger partial charge on any atom is -0.143 e. The summed E-state index contributed by atoms with van der Waals surface area (Å²) in [5.41, 5.74) is 0. The quantitative estimate of drug-likeness (QED) is 0.588. The summed E-state index contributed by atoms with van der Waals surface area (Å²) in [6, 6.07) is 4.28. The van der Waals surface area contributed by atoms with Gasteiger partial charge in [-0.05, 0) is 39.7 Å². The average molecular weight is 291 g/mol. The zero-order valence-corrected chi connectivity index (χ0v) is 11.0. The topological polar surface area (TPSA) is 0 Å². The van der Waals surface area contributed by atoms with Gasteiger partial charge >= 0.3 is 0 Å². The van der Waals surface area contributed by atoms with Crippen molar-refractivity contribution in [3.05, 3.63) is 22.0 Å². The molecule has 68 valence electrons. The van der Waals surface area contributed by atoms with Crippen molar-refractivity contribution in [2.45, 2.75) is 9.79 Å². The summed E-state index contributed by atoms with van der Waals surface area (Å²) in [5.74, 6) is 0. The van der Waals surface area contributed by atoms with E-state index in [9.17, 15) is 0 Å². The fourth-order valence-electron chi connectivity index (χ4n) is 1.23. The predicted octanol–water partition coefficient (Wildman–Crippen LogP) is 4.67. The maximum atomic E-state index is 4.47. The number of thiophene rings is 1. The number of fused-ring (bicyclic) bond motifs is 1. The summed E-state index contributed by atoms with van der Waals surface area (Å²) < 4.78 is 2.34. The molecule has 0 radical (unpaired) electrons. The molecule has 1 aromatic heterocycles. The van der Waals surface area contributed by atoms with Crippen LogP contribution in [0, 0.1) is 0 Å². The van der Waals surface area contributed by atoms with Crippen LogP contribution in [0.25, 0.3) is 10.1 Å². The molecule has 0 aliphatic carbocycles.